The highest BCUT2D eigenvalue weighted by atomic mass is 16.2. The number of H-pyrrole nitrogens is 1. The summed E-state index contributed by atoms with van der Waals surface area (Å²) in [5.41, 5.74) is 2.29. The zero-order chi connectivity index (χ0) is 16.2. The number of benzene rings is 2. The Morgan fingerprint density at radius 3 is 2.43 bits per heavy atom. The summed E-state index contributed by atoms with van der Waals surface area (Å²) in [5.74, 6) is -0.0542. The number of carbonyl (C=O) groups is 1. The SMILES string of the molecule is CC(=O)N(Cc1ccccc1)Cc1cc2ccccc2[nH]c1=O. The molecule has 4 nitrogen and oxygen atoms in total. The lowest BCUT2D eigenvalue weighted by Gasteiger charge is -2.21. The lowest BCUT2D eigenvalue weighted by molar-refractivity contribution is -0.130. The van der Waals surface area contributed by atoms with Crippen molar-refractivity contribution in [1.82, 2.24) is 9.88 Å². The molecule has 23 heavy (non-hydrogen) atoms. The molecule has 3 rings (SSSR count). The molecule has 1 heterocycles. The maximum absolute atomic E-state index is 12.3. The Kier molecular flexibility index (Phi) is 4.24. The molecule has 0 atom stereocenters. The normalized spacial score (nSPS) is 10.7. The van der Waals surface area contributed by atoms with Crippen molar-refractivity contribution in [2.45, 2.75) is 20.0 Å². The van der Waals surface area contributed by atoms with Gasteiger partial charge in [0.05, 0.1) is 6.54 Å². The van der Waals surface area contributed by atoms with Gasteiger partial charge in [0.25, 0.3) is 5.56 Å². The molecule has 0 aliphatic heterocycles. The number of carbonyl (C=O) groups excluding carboxylic acids is 1. The maximum atomic E-state index is 12.3. The molecule has 0 radical (unpaired) electrons. The van der Waals surface area contributed by atoms with Crippen LogP contribution in [-0.4, -0.2) is 15.8 Å². The van der Waals surface area contributed by atoms with Crippen LogP contribution < -0.4 is 5.56 Å². The molecule has 2 aromatic carbocycles. The van der Waals surface area contributed by atoms with Gasteiger partial charge < -0.3 is 9.88 Å². The van der Waals surface area contributed by atoms with Crippen LogP contribution in [0.5, 0.6) is 0 Å². The minimum absolute atomic E-state index is 0.0542. The second-order valence-corrected chi connectivity index (χ2v) is 5.57. The third-order valence-corrected chi connectivity index (χ3v) is 3.85. The summed E-state index contributed by atoms with van der Waals surface area (Å²) in [6.45, 7) is 2.31. The van der Waals surface area contributed by atoms with Crippen molar-refractivity contribution in [1.29, 1.82) is 0 Å². The second kappa shape index (κ2) is 6.48. The number of hydrogen-bond acceptors (Lipinski definition) is 2. The number of para-hydroxylation sites is 1. The van der Waals surface area contributed by atoms with Gasteiger partial charge in [-0.3, -0.25) is 9.59 Å². The molecule has 0 saturated carbocycles. The van der Waals surface area contributed by atoms with Crippen LogP contribution in [0.15, 0.2) is 65.5 Å². The van der Waals surface area contributed by atoms with Crippen molar-refractivity contribution in [2.75, 3.05) is 0 Å². The molecule has 1 N–H and O–H groups in total. The van der Waals surface area contributed by atoms with Crippen LogP contribution in [0.4, 0.5) is 0 Å². The van der Waals surface area contributed by atoms with Crippen molar-refractivity contribution in [3.8, 4) is 0 Å². The molecule has 0 bridgehead atoms. The first kappa shape index (κ1) is 15.0. The Labute approximate surface area is 134 Å². The number of pyridine rings is 1. The van der Waals surface area contributed by atoms with Crippen LogP contribution in [-0.2, 0) is 17.9 Å². The number of fused-ring (bicyclic) bond motifs is 1. The molecule has 0 spiro atoms. The first-order valence-corrected chi connectivity index (χ1v) is 7.54. The molecular weight excluding hydrogens is 288 g/mol. The molecule has 1 aromatic heterocycles. The Morgan fingerprint density at radius 1 is 1.00 bits per heavy atom. The largest absolute Gasteiger partial charge is 0.334 e. The first-order chi connectivity index (χ1) is 11.1. The average molecular weight is 306 g/mol. The number of aromatic amines is 1. The van der Waals surface area contributed by atoms with Gasteiger partial charge >= 0.3 is 0 Å². The highest BCUT2D eigenvalue weighted by molar-refractivity contribution is 5.79. The van der Waals surface area contributed by atoms with Crippen LogP contribution in [0.2, 0.25) is 0 Å². The van der Waals surface area contributed by atoms with Gasteiger partial charge in [-0.05, 0) is 23.1 Å². The van der Waals surface area contributed by atoms with Crippen LogP contribution in [0, 0.1) is 0 Å². The van der Waals surface area contributed by atoms with Gasteiger partial charge in [0.1, 0.15) is 0 Å². The Hall–Kier alpha value is -2.88. The third kappa shape index (κ3) is 3.48. The predicted octanol–water partition coefficient (Wildman–Crippen LogP) is 3.08. The third-order valence-electron chi connectivity index (χ3n) is 3.85. The van der Waals surface area contributed by atoms with Gasteiger partial charge in [-0.25, -0.2) is 0 Å². The minimum atomic E-state index is -0.150. The van der Waals surface area contributed by atoms with E-state index in [-0.39, 0.29) is 11.5 Å². The minimum Gasteiger partial charge on any atom is -0.334 e. The number of nitrogens with one attached hydrogen (secondary N) is 1. The van der Waals surface area contributed by atoms with E-state index >= 15 is 0 Å². The van der Waals surface area contributed by atoms with E-state index in [1.165, 1.54) is 6.92 Å². The maximum Gasteiger partial charge on any atom is 0.253 e. The smallest absolute Gasteiger partial charge is 0.253 e. The highest BCUT2D eigenvalue weighted by Crippen LogP contribution is 2.13. The van der Waals surface area contributed by atoms with Crippen LogP contribution in [0.1, 0.15) is 18.1 Å². The summed E-state index contributed by atoms with van der Waals surface area (Å²) >= 11 is 0. The van der Waals surface area contributed by atoms with Gasteiger partial charge in [-0.2, -0.15) is 0 Å². The first-order valence-electron chi connectivity index (χ1n) is 7.54. The Balaban J connectivity index is 1.90. The van der Waals surface area contributed by atoms with Crippen molar-refractivity contribution in [2.24, 2.45) is 0 Å². The summed E-state index contributed by atoms with van der Waals surface area (Å²) < 4.78 is 0. The average Bonchev–Trinajstić information content (AvgIpc) is 2.55. The van der Waals surface area contributed by atoms with Crippen LogP contribution >= 0.6 is 0 Å². The van der Waals surface area contributed by atoms with E-state index in [0.717, 1.165) is 16.5 Å². The molecule has 0 aliphatic carbocycles. The van der Waals surface area contributed by atoms with E-state index in [1.807, 2.05) is 60.7 Å². The standard InChI is InChI=1S/C19H18N2O2/c1-14(22)21(12-15-7-3-2-4-8-15)13-17-11-16-9-5-6-10-18(16)20-19(17)23/h2-11H,12-13H2,1H3,(H,20,23). The number of nitrogens with zero attached hydrogens (tertiary/aromatic N) is 1. The number of hydrogen-bond donors (Lipinski definition) is 1. The Morgan fingerprint density at radius 2 is 1.70 bits per heavy atom. The zero-order valence-electron chi connectivity index (χ0n) is 13.0. The fourth-order valence-corrected chi connectivity index (χ4v) is 2.60. The molecular formula is C19H18N2O2. The molecule has 116 valence electrons. The fourth-order valence-electron chi connectivity index (χ4n) is 2.60. The monoisotopic (exact) mass is 306 g/mol. The van der Waals surface area contributed by atoms with Crippen LogP contribution in [0.3, 0.4) is 0 Å². The lowest BCUT2D eigenvalue weighted by Crippen LogP contribution is -2.30. The van der Waals surface area contributed by atoms with Gasteiger partial charge in [0.2, 0.25) is 5.91 Å². The molecule has 4 heteroatoms. The summed E-state index contributed by atoms with van der Waals surface area (Å²) in [6, 6.07) is 19.3. The van der Waals surface area contributed by atoms with Gasteiger partial charge in [-0.1, -0.05) is 48.5 Å². The van der Waals surface area contributed by atoms with E-state index in [0.29, 0.717) is 18.7 Å². The summed E-state index contributed by atoms with van der Waals surface area (Å²) in [4.78, 5) is 28.7. The molecule has 1 amide bonds. The number of rotatable bonds is 4. The van der Waals surface area contributed by atoms with Gasteiger partial charge in [0.15, 0.2) is 0 Å². The summed E-state index contributed by atoms with van der Waals surface area (Å²) in [5, 5.41) is 0.963. The van der Waals surface area contributed by atoms with E-state index in [2.05, 4.69) is 4.98 Å². The summed E-state index contributed by atoms with van der Waals surface area (Å²) in [6.07, 6.45) is 0. The Bertz CT molecular complexity index is 885. The van der Waals surface area contributed by atoms with E-state index < -0.39 is 0 Å². The van der Waals surface area contributed by atoms with E-state index in [4.69, 9.17) is 0 Å². The quantitative estimate of drug-likeness (QED) is 0.805. The van der Waals surface area contributed by atoms with Gasteiger partial charge in [-0.15, -0.1) is 0 Å². The topological polar surface area (TPSA) is 53.2 Å². The predicted molar refractivity (Wildman–Crippen MR) is 90.9 cm³/mol. The second-order valence-electron chi connectivity index (χ2n) is 5.57. The lowest BCUT2D eigenvalue weighted by atomic mass is 10.1. The van der Waals surface area contributed by atoms with Crippen molar-refractivity contribution in [3.05, 3.63) is 82.1 Å². The van der Waals surface area contributed by atoms with E-state index in [1.54, 1.807) is 4.90 Å². The van der Waals surface area contributed by atoms with E-state index in [9.17, 15) is 9.59 Å². The van der Waals surface area contributed by atoms with Crippen molar-refractivity contribution in [3.63, 3.8) is 0 Å². The summed E-state index contributed by atoms with van der Waals surface area (Å²) in [7, 11) is 0. The number of amides is 1. The molecule has 0 aliphatic rings. The number of aromatic nitrogens is 1. The molecule has 0 fully saturated rings. The van der Waals surface area contributed by atoms with Crippen LogP contribution in [0.25, 0.3) is 10.9 Å². The zero-order valence-corrected chi connectivity index (χ0v) is 13.0. The fraction of sp³-hybridized carbons (Fsp3) is 0.158. The molecule has 0 saturated heterocycles. The molecule has 0 unspecified atom stereocenters. The van der Waals surface area contributed by atoms with Crippen molar-refractivity contribution >= 4 is 16.8 Å². The van der Waals surface area contributed by atoms with Gasteiger partial charge in [0, 0.05) is 24.5 Å². The molecule has 3 aromatic rings. The van der Waals surface area contributed by atoms with Crippen molar-refractivity contribution < 1.29 is 4.79 Å². The highest BCUT2D eigenvalue weighted by Gasteiger charge is 2.13.